The lowest BCUT2D eigenvalue weighted by atomic mass is 10.1. The van der Waals surface area contributed by atoms with Gasteiger partial charge in [-0.05, 0) is 50.6 Å². The van der Waals surface area contributed by atoms with Crippen LogP contribution in [-0.4, -0.2) is 18.3 Å². The van der Waals surface area contributed by atoms with Gasteiger partial charge in [-0.25, -0.2) is 4.79 Å². The molecule has 122 valence electrons. The van der Waals surface area contributed by atoms with Gasteiger partial charge in [0, 0.05) is 12.1 Å². The SMILES string of the molecule is CC(C)(C)OC(=O)Nc1ccc(CCOc2ccccc2)cc1. The number of rotatable bonds is 5. The van der Waals surface area contributed by atoms with Gasteiger partial charge in [-0.1, -0.05) is 30.3 Å². The Bertz CT molecular complexity index is 615. The first-order valence-corrected chi connectivity index (χ1v) is 7.69. The highest BCUT2D eigenvalue weighted by Crippen LogP contribution is 2.14. The quantitative estimate of drug-likeness (QED) is 0.873. The van der Waals surface area contributed by atoms with Gasteiger partial charge in [0.1, 0.15) is 11.4 Å². The largest absolute Gasteiger partial charge is 0.493 e. The molecule has 0 fully saturated rings. The molecule has 0 saturated carbocycles. The molecular formula is C19H23NO3. The Kier molecular flexibility index (Phi) is 5.63. The summed E-state index contributed by atoms with van der Waals surface area (Å²) in [7, 11) is 0. The molecular weight excluding hydrogens is 290 g/mol. The summed E-state index contributed by atoms with van der Waals surface area (Å²) in [5.74, 6) is 0.871. The van der Waals surface area contributed by atoms with E-state index in [0.717, 1.165) is 17.7 Å². The van der Waals surface area contributed by atoms with Gasteiger partial charge in [0.25, 0.3) is 0 Å². The summed E-state index contributed by atoms with van der Waals surface area (Å²) in [5.41, 5.74) is 1.36. The van der Waals surface area contributed by atoms with E-state index in [1.807, 2.05) is 75.4 Å². The monoisotopic (exact) mass is 313 g/mol. The van der Waals surface area contributed by atoms with Crippen molar-refractivity contribution in [1.82, 2.24) is 0 Å². The van der Waals surface area contributed by atoms with Crippen molar-refractivity contribution < 1.29 is 14.3 Å². The van der Waals surface area contributed by atoms with Crippen LogP contribution in [0.4, 0.5) is 10.5 Å². The van der Waals surface area contributed by atoms with Crippen molar-refractivity contribution >= 4 is 11.8 Å². The van der Waals surface area contributed by atoms with Crippen LogP contribution < -0.4 is 10.1 Å². The normalized spacial score (nSPS) is 10.9. The minimum atomic E-state index is -0.501. The molecule has 0 aromatic heterocycles. The van der Waals surface area contributed by atoms with E-state index in [2.05, 4.69) is 5.32 Å². The fraction of sp³-hybridized carbons (Fsp3) is 0.316. The summed E-state index contributed by atoms with van der Waals surface area (Å²) in [6, 6.07) is 17.4. The van der Waals surface area contributed by atoms with Gasteiger partial charge in [-0.2, -0.15) is 0 Å². The van der Waals surface area contributed by atoms with Crippen LogP contribution in [0.15, 0.2) is 54.6 Å². The molecule has 0 aliphatic heterocycles. The van der Waals surface area contributed by atoms with Gasteiger partial charge in [0.2, 0.25) is 0 Å². The number of hydrogen-bond acceptors (Lipinski definition) is 3. The fourth-order valence-corrected chi connectivity index (χ4v) is 1.98. The third-order valence-corrected chi connectivity index (χ3v) is 3.00. The first-order chi connectivity index (χ1) is 10.9. The lowest BCUT2D eigenvalue weighted by Crippen LogP contribution is -2.27. The summed E-state index contributed by atoms with van der Waals surface area (Å²) in [6.45, 7) is 6.12. The van der Waals surface area contributed by atoms with Crippen LogP contribution in [0.3, 0.4) is 0 Å². The maximum atomic E-state index is 11.7. The molecule has 2 rings (SSSR count). The predicted molar refractivity (Wildman–Crippen MR) is 91.9 cm³/mol. The van der Waals surface area contributed by atoms with Crippen LogP contribution in [-0.2, 0) is 11.2 Å². The number of hydrogen-bond donors (Lipinski definition) is 1. The Balaban J connectivity index is 1.79. The molecule has 0 atom stereocenters. The molecule has 0 aliphatic carbocycles. The fourth-order valence-electron chi connectivity index (χ4n) is 1.98. The molecule has 0 aliphatic rings. The Hall–Kier alpha value is -2.49. The first-order valence-electron chi connectivity index (χ1n) is 7.69. The minimum absolute atomic E-state index is 0.447. The van der Waals surface area contributed by atoms with Crippen LogP contribution in [0.25, 0.3) is 0 Å². The molecule has 23 heavy (non-hydrogen) atoms. The standard InChI is InChI=1S/C19H23NO3/c1-19(2,3)23-18(21)20-16-11-9-15(10-12-16)13-14-22-17-7-5-4-6-8-17/h4-12H,13-14H2,1-3H3,(H,20,21). The number of ether oxygens (including phenoxy) is 2. The van der Waals surface area contributed by atoms with Crippen LogP contribution in [0.2, 0.25) is 0 Å². The van der Waals surface area contributed by atoms with E-state index in [9.17, 15) is 4.79 Å². The van der Waals surface area contributed by atoms with Crippen LogP contribution >= 0.6 is 0 Å². The third kappa shape index (κ3) is 6.43. The highest BCUT2D eigenvalue weighted by molar-refractivity contribution is 5.84. The summed E-state index contributed by atoms with van der Waals surface area (Å²) < 4.78 is 10.9. The van der Waals surface area contributed by atoms with Crippen molar-refractivity contribution in [2.24, 2.45) is 0 Å². The summed E-state index contributed by atoms with van der Waals surface area (Å²) in [6.07, 6.45) is 0.361. The molecule has 1 amide bonds. The van der Waals surface area contributed by atoms with Crippen LogP contribution in [0, 0.1) is 0 Å². The van der Waals surface area contributed by atoms with Crippen LogP contribution in [0.5, 0.6) is 5.75 Å². The molecule has 0 radical (unpaired) electrons. The van der Waals surface area contributed by atoms with E-state index in [-0.39, 0.29) is 0 Å². The highest BCUT2D eigenvalue weighted by Gasteiger charge is 2.15. The zero-order valence-electron chi connectivity index (χ0n) is 13.8. The van der Waals surface area contributed by atoms with Crippen molar-refractivity contribution in [2.45, 2.75) is 32.8 Å². The summed E-state index contributed by atoms with van der Waals surface area (Å²) >= 11 is 0. The van der Waals surface area contributed by atoms with Crippen molar-refractivity contribution in [3.05, 3.63) is 60.2 Å². The van der Waals surface area contributed by atoms with Crippen molar-refractivity contribution in [3.8, 4) is 5.75 Å². The molecule has 2 aromatic rings. The van der Waals surface area contributed by atoms with E-state index in [0.29, 0.717) is 12.3 Å². The number of benzene rings is 2. The third-order valence-electron chi connectivity index (χ3n) is 3.00. The lowest BCUT2D eigenvalue weighted by Gasteiger charge is -2.19. The highest BCUT2D eigenvalue weighted by atomic mass is 16.6. The Morgan fingerprint density at radius 3 is 2.26 bits per heavy atom. The number of carbonyl (C=O) groups excluding carboxylic acids is 1. The van der Waals surface area contributed by atoms with Gasteiger partial charge >= 0.3 is 6.09 Å². The number of nitrogens with one attached hydrogen (secondary N) is 1. The number of amides is 1. The smallest absolute Gasteiger partial charge is 0.412 e. The Labute approximate surface area is 137 Å². The molecule has 1 N–H and O–H groups in total. The van der Waals surface area contributed by atoms with Crippen molar-refractivity contribution in [3.63, 3.8) is 0 Å². The predicted octanol–water partition coefficient (Wildman–Crippen LogP) is 4.66. The second kappa shape index (κ2) is 7.68. The molecule has 0 bridgehead atoms. The molecule has 0 heterocycles. The number of carbonyl (C=O) groups is 1. The minimum Gasteiger partial charge on any atom is -0.493 e. The van der Waals surface area contributed by atoms with E-state index in [1.54, 1.807) is 0 Å². The molecule has 0 spiro atoms. The van der Waals surface area contributed by atoms with E-state index < -0.39 is 11.7 Å². The van der Waals surface area contributed by atoms with Gasteiger partial charge in [0.15, 0.2) is 0 Å². The maximum Gasteiger partial charge on any atom is 0.412 e. The van der Waals surface area contributed by atoms with E-state index >= 15 is 0 Å². The zero-order valence-corrected chi connectivity index (χ0v) is 13.8. The molecule has 2 aromatic carbocycles. The lowest BCUT2D eigenvalue weighted by molar-refractivity contribution is 0.0636. The van der Waals surface area contributed by atoms with Crippen LogP contribution in [0.1, 0.15) is 26.3 Å². The van der Waals surface area contributed by atoms with Crippen molar-refractivity contribution in [1.29, 1.82) is 0 Å². The Morgan fingerprint density at radius 1 is 1.00 bits per heavy atom. The van der Waals surface area contributed by atoms with Crippen molar-refractivity contribution in [2.75, 3.05) is 11.9 Å². The first kappa shape index (κ1) is 16.9. The number of anilines is 1. The van der Waals surface area contributed by atoms with Gasteiger partial charge in [-0.3, -0.25) is 5.32 Å². The average Bonchev–Trinajstić information content (AvgIpc) is 2.48. The maximum absolute atomic E-state index is 11.7. The van der Waals surface area contributed by atoms with Gasteiger partial charge in [-0.15, -0.1) is 0 Å². The van der Waals surface area contributed by atoms with E-state index in [4.69, 9.17) is 9.47 Å². The van der Waals surface area contributed by atoms with E-state index in [1.165, 1.54) is 0 Å². The molecule has 4 heteroatoms. The summed E-state index contributed by atoms with van der Waals surface area (Å²) in [5, 5.41) is 2.72. The zero-order chi connectivity index (χ0) is 16.7. The molecule has 0 unspecified atom stereocenters. The second-order valence-electron chi connectivity index (χ2n) is 6.24. The van der Waals surface area contributed by atoms with Gasteiger partial charge in [0.05, 0.1) is 6.61 Å². The molecule has 4 nitrogen and oxygen atoms in total. The average molecular weight is 313 g/mol. The second-order valence-corrected chi connectivity index (χ2v) is 6.24. The Morgan fingerprint density at radius 2 is 1.65 bits per heavy atom. The molecule has 0 saturated heterocycles. The number of para-hydroxylation sites is 1. The topological polar surface area (TPSA) is 47.6 Å². The summed E-state index contributed by atoms with van der Waals surface area (Å²) in [4.78, 5) is 11.7. The van der Waals surface area contributed by atoms with Gasteiger partial charge < -0.3 is 9.47 Å².